The standard InChI is InChI=1S/C16H15NO4/c1-17(2)12-8-9-13(14(18)10-12)16(20)21-15(19)11-6-4-3-5-7-11/h3-10,18H,1-2H3. The maximum atomic E-state index is 11.9. The second-order valence-corrected chi connectivity index (χ2v) is 4.64. The van der Waals surface area contributed by atoms with E-state index in [1.165, 1.54) is 12.1 Å². The van der Waals surface area contributed by atoms with Crippen LogP contribution in [-0.2, 0) is 4.74 Å². The SMILES string of the molecule is CN(C)c1ccc(C(=O)OC(=O)c2ccccc2)c(O)c1. The first kappa shape index (κ1) is 14.6. The highest BCUT2D eigenvalue weighted by Gasteiger charge is 2.18. The molecule has 108 valence electrons. The van der Waals surface area contributed by atoms with Gasteiger partial charge in [-0.25, -0.2) is 9.59 Å². The molecule has 0 aromatic heterocycles. The Bertz CT molecular complexity index is 665. The van der Waals surface area contributed by atoms with Gasteiger partial charge in [0.15, 0.2) is 0 Å². The number of aromatic hydroxyl groups is 1. The Morgan fingerprint density at radius 2 is 1.67 bits per heavy atom. The first-order valence-corrected chi connectivity index (χ1v) is 6.31. The molecule has 21 heavy (non-hydrogen) atoms. The van der Waals surface area contributed by atoms with Gasteiger partial charge in [0.05, 0.1) is 5.56 Å². The summed E-state index contributed by atoms with van der Waals surface area (Å²) < 4.78 is 4.75. The molecule has 0 bridgehead atoms. The number of ether oxygens (including phenoxy) is 1. The molecule has 2 aromatic carbocycles. The monoisotopic (exact) mass is 285 g/mol. The molecule has 0 unspecified atom stereocenters. The Kier molecular flexibility index (Phi) is 4.23. The summed E-state index contributed by atoms with van der Waals surface area (Å²) in [5, 5.41) is 9.86. The predicted octanol–water partition coefficient (Wildman–Crippen LogP) is 2.46. The number of phenolic OH excluding ortho intramolecular Hbond substituents is 1. The lowest BCUT2D eigenvalue weighted by Gasteiger charge is -2.13. The number of hydrogen-bond acceptors (Lipinski definition) is 5. The third-order valence-electron chi connectivity index (χ3n) is 2.91. The van der Waals surface area contributed by atoms with Crippen molar-refractivity contribution in [2.75, 3.05) is 19.0 Å². The van der Waals surface area contributed by atoms with Crippen LogP contribution < -0.4 is 4.90 Å². The van der Waals surface area contributed by atoms with Crippen LogP contribution in [0.2, 0.25) is 0 Å². The van der Waals surface area contributed by atoms with Crippen LogP contribution in [-0.4, -0.2) is 31.1 Å². The number of rotatable bonds is 3. The Hall–Kier alpha value is -2.82. The van der Waals surface area contributed by atoms with Crippen LogP contribution >= 0.6 is 0 Å². The van der Waals surface area contributed by atoms with Crippen molar-refractivity contribution >= 4 is 17.6 Å². The highest BCUT2D eigenvalue weighted by molar-refractivity contribution is 6.03. The minimum Gasteiger partial charge on any atom is -0.507 e. The molecule has 0 radical (unpaired) electrons. The van der Waals surface area contributed by atoms with E-state index in [1.807, 2.05) is 14.1 Å². The normalized spacial score (nSPS) is 10.0. The lowest BCUT2D eigenvalue weighted by atomic mass is 10.1. The third-order valence-corrected chi connectivity index (χ3v) is 2.91. The number of benzene rings is 2. The number of hydrogen-bond donors (Lipinski definition) is 1. The highest BCUT2D eigenvalue weighted by Crippen LogP contribution is 2.24. The number of carbonyl (C=O) groups is 2. The zero-order valence-corrected chi connectivity index (χ0v) is 11.7. The fourth-order valence-electron chi connectivity index (χ4n) is 1.74. The van der Waals surface area contributed by atoms with Crippen molar-refractivity contribution < 1.29 is 19.4 Å². The molecule has 0 fully saturated rings. The largest absolute Gasteiger partial charge is 0.507 e. The van der Waals surface area contributed by atoms with Gasteiger partial charge >= 0.3 is 11.9 Å². The van der Waals surface area contributed by atoms with E-state index < -0.39 is 11.9 Å². The molecule has 0 amide bonds. The van der Waals surface area contributed by atoms with E-state index in [4.69, 9.17) is 4.74 Å². The van der Waals surface area contributed by atoms with Crippen LogP contribution in [0, 0.1) is 0 Å². The summed E-state index contributed by atoms with van der Waals surface area (Å²) in [6, 6.07) is 12.7. The van der Waals surface area contributed by atoms with Crippen molar-refractivity contribution in [3.05, 3.63) is 59.7 Å². The van der Waals surface area contributed by atoms with Gasteiger partial charge in [0.25, 0.3) is 0 Å². The van der Waals surface area contributed by atoms with Gasteiger partial charge in [-0.15, -0.1) is 0 Å². The van der Waals surface area contributed by atoms with Crippen molar-refractivity contribution in [1.82, 2.24) is 0 Å². The highest BCUT2D eigenvalue weighted by atomic mass is 16.6. The summed E-state index contributed by atoms with van der Waals surface area (Å²) in [5.41, 5.74) is 0.957. The van der Waals surface area contributed by atoms with Crippen molar-refractivity contribution in [3.8, 4) is 5.75 Å². The Labute approximate surface area is 122 Å². The topological polar surface area (TPSA) is 66.8 Å². The van der Waals surface area contributed by atoms with E-state index in [1.54, 1.807) is 41.3 Å². The molecule has 0 saturated heterocycles. The molecule has 2 aromatic rings. The summed E-state index contributed by atoms with van der Waals surface area (Å²) in [4.78, 5) is 25.5. The van der Waals surface area contributed by atoms with Crippen molar-refractivity contribution in [1.29, 1.82) is 0 Å². The molecular weight excluding hydrogens is 270 g/mol. The first-order chi connectivity index (χ1) is 9.99. The van der Waals surface area contributed by atoms with E-state index in [0.29, 0.717) is 0 Å². The van der Waals surface area contributed by atoms with Crippen molar-refractivity contribution in [3.63, 3.8) is 0 Å². The molecule has 0 spiro atoms. The van der Waals surface area contributed by atoms with Gasteiger partial charge in [-0.1, -0.05) is 18.2 Å². The van der Waals surface area contributed by atoms with Crippen LogP contribution in [0.25, 0.3) is 0 Å². The van der Waals surface area contributed by atoms with Gasteiger partial charge in [0.2, 0.25) is 0 Å². The maximum Gasteiger partial charge on any atom is 0.349 e. The van der Waals surface area contributed by atoms with Crippen LogP contribution in [0.15, 0.2) is 48.5 Å². The van der Waals surface area contributed by atoms with Crippen LogP contribution in [0.3, 0.4) is 0 Å². The molecule has 0 aliphatic rings. The molecule has 0 aliphatic heterocycles. The number of carbonyl (C=O) groups excluding carboxylic acids is 2. The second kappa shape index (κ2) is 6.09. The minimum atomic E-state index is -0.883. The van der Waals surface area contributed by atoms with E-state index >= 15 is 0 Å². The molecule has 0 saturated carbocycles. The molecule has 1 N–H and O–H groups in total. The Balaban J connectivity index is 2.16. The number of nitrogens with zero attached hydrogens (tertiary/aromatic N) is 1. The fraction of sp³-hybridized carbons (Fsp3) is 0.125. The van der Waals surface area contributed by atoms with Gasteiger partial charge in [0, 0.05) is 25.8 Å². The predicted molar refractivity (Wildman–Crippen MR) is 78.6 cm³/mol. The Morgan fingerprint density at radius 1 is 1.00 bits per heavy atom. The minimum absolute atomic E-state index is 0.0510. The fourth-order valence-corrected chi connectivity index (χ4v) is 1.74. The zero-order chi connectivity index (χ0) is 15.4. The molecular formula is C16H15NO4. The smallest absolute Gasteiger partial charge is 0.349 e. The molecule has 0 aliphatic carbocycles. The van der Waals surface area contributed by atoms with E-state index in [-0.39, 0.29) is 16.9 Å². The summed E-state index contributed by atoms with van der Waals surface area (Å²) >= 11 is 0. The van der Waals surface area contributed by atoms with Crippen molar-refractivity contribution in [2.45, 2.75) is 0 Å². The van der Waals surface area contributed by atoms with Crippen LogP contribution in [0.4, 0.5) is 5.69 Å². The lowest BCUT2D eigenvalue weighted by molar-refractivity contribution is 0.0396. The van der Waals surface area contributed by atoms with E-state index in [2.05, 4.69) is 0 Å². The zero-order valence-electron chi connectivity index (χ0n) is 11.7. The van der Waals surface area contributed by atoms with Gasteiger partial charge in [-0.3, -0.25) is 0 Å². The molecule has 0 heterocycles. The van der Waals surface area contributed by atoms with E-state index in [0.717, 1.165) is 5.69 Å². The summed E-state index contributed by atoms with van der Waals surface area (Å²) in [6.45, 7) is 0. The van der Waals surface area contributed by atoms with Gasteiger partial charge in [-0.2, -0.15) is 0 Å². The van der Waals surface area contributed by atoms with Crippen LogP contribution in [0.5, 0.6) is 5.75 Å². The molecule has 0 atom stereocenters. The number of anilines is 1. The average molecular weight is 285 g/mol. The maximum absolute atomic E-state index is 11.9. The van der Waals surface area contributed by atoms with Crippen molar-refractivity contribution in [2.24, 2.45) is 0 Å². The van der Waals surface area contributed by atoms with Gasteiger partial charge in [0.1, 0.15) is 11.3 Å². The number of phenols is 1. The lowest BCUT2D eigenvalue weighted by Crippen LogP contribution is -2.14. The summed E-state index contributed by atoms with van der Waals surface area (Å²) in [6.07, 6.45) is 0. The van der Waals surface area contributed by atoms with Crippen LogP contribution in [0.1, 0.15) is 20.7 Å². The average Bonchev–Trinajstić information content (AvgIpc) is 2.47. The quantitative estimate of drug-likeness (QED) is 0.693. The van der Waals surface area contributed by atoms with Gasteiger partial charge < -0.3 is 14.7 Å². The Morgan fingerprint density at radius 3 is 2.24 bits per heavy atom. The molecule has 5 heteroatoms. The third kappa shape index (κ3) is 3.39. The first-order valence-electron chi connectivity index (χ1n) is 6.31. The summed E-state index contributed by atoms with van der Waals surface area (Å²) in [5.74, 6) is -1.87. The number of esters is 2. The molecule has 2 rings (SSSR count). The summed E-state index contributed by atoms with van der Waals surface area (Å²) in [7, 11) is 3.62. The van der Waals surface area contributed by atoms with Gasteiger partial charge in [-0.05, 0) is 24.3 Å². The second-order valence-electron chi connectivity index (χ2n) is 4.64. The van der Waals surface area contributed by atoms with E-state index in [9.17, 15) is 14.7 Å². The molecule has 5 nitrogen and oxygen atoms in total.